The van der Waals surface area contributed by atoms with Crippen molar-refractivity contribution in [1.29, 1.82) is 0 Å². The van der Waals surface area contributed by atoms with Crippen molar-refractivity contribution >= 4 is 0 Å². The normalized spacial score (nSPS) is 14.3. The monoisotopic (exact) mass is 279 g/mol. The molecule has 0 aliphatic heterocycles. The molecule has 0 unspecified atom stereocenters. The Bertz CT molecular complexity index is 405. The predicted molar refractivity (Wildman–Crippen MR) is 79.5 cm³/mol. The molecule has 1 aliphatic carbocycles. The highest BCUT2D eigenvalue weighted by Crippen LogP contribution is 2.26. The van der Waals surface area contributed by atoms with Crippen LogP contribution < -0.4 is 14.8 Å². The lowest BCUT2D eigenvalue weighted by Crippen LogP contribution is -2.16. The maximum absolute atomic E-state index is 5.86. The summed E-state index contributed by atoms with van der Waals surface area (Å²) in [6.07, 6.45) is 3.48. The molecule has 0 saturated heterocycles. The van der Waals surface area contributed by atoms with E-state index in [4.69, 9.17) is 14.2 Å². The molecule has 1 saturated carbocycles. The van der Waals surface area contributed by atoms with Gasteiger partial charge in [-0.05, 0) is 38.0 Å². The molecule has 0 spiro atoms. The summed E-state index contributed by atoms with van der Waals surface area (Å²) in [6.45, 7) is 5.04. The lowest BCUT2D eigenvalue weighted by Gasteiger charge is -2.13. The van der Waals surface area contributed by atoms with Crippen LogP contribution in [0.15, 0.2) is 18.2 Å². The van der Waals surface area contributed by atoms with E-state index in [-0.39, 0.29) is 0 Å². The van der Waals surface area contributed by atoms with Crippen molar-refractivity contribution in [2.24, 2.45) is 0 Å². The van der Waals surface area contributed by atoms with E-state index in [2.05, 4.69) is 5.32 Å². The summed E-state index contributed by atoms with van der Waals surface area (Å²) in [5, 5.41) is 3.52. The average molecular weight is 279 g/mol. The summed E-state index contributed by atoms with van der Waals surface area (Å²) in [4.78, 5) is 0. The van der Waals surface area contributed by atoms with Gasteiger partial charge in [-0.3, -0.25) is 0 Å². The van der Waals surface area contributed by atoms with Gasteiger partial charge in [0.2, 0.25) is 0 Å². The highest BCUT2D eigenvalue weighted by molar-refractivity contribution is 5.40. The molecule has 2 rings (SSSR count). The predicted octanol–water partition coefficient (Wildman–Crippen LogP) is 2.75. The third-order valence-electron chi connectivity index (χ3n) is 3.32. The van der Waals surface area contributed by atoms with Crippen LogP contribution in [-0.2, 0) is 11.3 Å². The molecule has 0 amide bonds. The maximum atomic E-state index is 5.86. The van der Waals surface area contributed by atoms with Gasteiger partial charge in [-0.25, -0.2) is 0 Å². The van der Waals surface area contributed by atoms with Gasteiger partial charge in [-0.15, -0.1) is 0 Å². The van der Waals surface area contributed by atoms with E-state index in [1.165, 1.54) is 12.8 Å². The fourth-order valence-electron chi connectivity index (χ4n) is 1.99. The van der Waals surface area contributed by atoms with Gasteiger partial charge in [0.1, 0.15) is 11.5 Å². The smallest absolute Gasteiger partial charge is 0.124 e. The first kappa shape index (κ1) is 15.1. The zero-order valence-electron chi connectivity index (χ0n) is 12.5. The summed E-state index contributed by atoms with van der Waals surface area (Å²) in [7, 11) is 1.69. The zero-order valence-corrected chi connectivity index (χ0v) is 12.5. The number of benzene rings is 1. The van der Waals surface area contributed by atoms with Crippen LogP contribution in [0.1, 0.15) is 31.7 Å². The quantitative estimate of drug-likeness (QED) is 0.669. The molecule has 0 aromatic heterocycles. The molecule has 1 aliphatic rings. The van der Waals surface area contributed by atoms with E-state index in [9.17, 15) is 0 Å². The first-order valence-corrected chi connectivity index (χ1v) is 7.44. The van der Waals surface area contributed by atoms with Crippen LogP contribution in [0.4, 0.5) is 0 Å². The zero-order chi connectivity index (χ0) is 14.2. The third-order valence-corrected chi connectivity index (χ3v) is 3.32. The number of hydrogen-bond acceptors (Lipinski definition) is 4. The van der Waals surface area contributed by atoms with Crippen molar-refractivity contribution in [3.8, 4) is 11.5 Å². The molecule has 4 nitrogen and oxygen atoms in total. The fourth-order valence-corrected chi connectivity index (χ4v) is 1.99. The molecule has 1 N–H and O–H groups in total. The van der Waals surface area contributed by atoms with E-state index in [1.54, 1.807) is 7.11 Å². The van der Waals surface area contributed by atoms with Crippen LogP contribution in [-0.4, -0.2) is 33.0 Å². The Morgan fingerprint density at radius 2 is 2.10 bits per heavy atom. The van der Waals surface area contributed by atoms with Crippen molar-refractivity contribution in [1.82, 2.24) is 5.32 Å². The highest BCUT2D eigenvalue weighted by Gasteiger charge is 2.20. The minimum Gasteiger partial charge on any atom is -0.497 e. The van der Waals surface area contributed by atoms with E-state index in [0.29, 0.717) is 12.6 Å². The van der Waals surface area contributed by atoms with Gasteiger partial charge in [-0.2, -0.15) is 0 Å². The van der Waals surface area contributed by atoms with Crippen LogP contribution >= 0.6 is 0 Å². The van der Waals surface area contributed by atoms with Gasteiger partial charge in [0.15, 0.2) is 0 Å². The molecule has 4 heteroatoms. The van der Waals surface area contributed by atoms with Crippen LogP contribution in [0.5, 0.6) is 11.5 Å². The topological polar surface area (TPSA) is 39.7 Å². The van der Waals surface area contributed by atoms with E-state index in [1.807, 2.05) is 25.1 Å². The molecule has 0 heterocycles. The minimum absolute atomic E-state index is 0.683. The Morgan fingerprint density at radius 3 is 2.80 bits per heavy atom. The molecule has 1 aromatic carbocycles. The summed E-state index contributed by atoms with van der Waals surface area (Å²) in [5.41, 5.74) is 1.16. The molecule has 0 atom stereocenters. The number of ether oxygens (including phenoxy) is 3. The van der Waals surface area contributed by atoms with Gasteiger partial charge in [-0.1, -0.05) is 0 Å². The van der Waals surface area contributed by atoms with Crippen molar-refractivity contribution in [3.63, 3.8) is 0 Å². The van der Waals surface area contributed by atoms with Crippen molar-refractivity contribution in [3.05, 3.63) is 23.8 Å². The lowest BCUT2D eigenvalue weighted by atomic mass is 10.2. The van der Waals surface area contributed by atoms with Crippen LogP contribution in [0.2, 0.25) is 0 Å². The van der Waals surface area contributed by atoms with Crippen LogP contribution in [0, 0.1) is 0 Å². The second kappa shape index (κ2) is 8.12. The van der Waals surface area contributed by atoms with E-state index >= 15 is 0 Å². The Hall–Kier alpha value is -1.26. The molecule has 1 fully saturated rings. The first-order chi connectivity index (χ1) is 9.83. The maximum Gasteiger partial charge on any atom is 0.124 e. The second-order valence-electron chi connectivity index (χ2n) is 5.03. The largest absolute Gasteiger partial charge is 0.497 e. The molecule has 0 radical (unpaired) electrons. The lowest BCUT2D eigenvalue weighted by molar-refractivity contribution is 0.130. The van der Waals surface area contributed by atoms with Gasteiger partial charge in [0, 0.05) is 37.8 Å². The number of nitrogens with one attached hydrogen (secondary N) is 1. The van der Waals surface area contributed by atoms with Crippen molar-refractivity contribution in [2.75, 3.05) is 26.9 Å². The average Bonchev–Trinajstić information content (AvgIpc) is 3.30. The summed E-state index contributed by atoms with van der Waals surface area (Å²) < 4.78 is 16.5. The number of rotatable bonds is 10. The molecule has 112 valence electrons. The van der Waals surface area contributed by atoms with Gasteiger partial charge in [0.25, 0.3) is 0 Å². The Kier molecular flexibility index (Phi) is 6.15. The molecular formula is C16H25NO3. The molecule has 0 bridgehead atoms. The van der Waals surface area contributed by atoms with Gasteiger partial charge >= 0.3 is 0 Å². The summed E-state index contributed by atoms with van der Waals surface area (Å²) in [5.74, 6) is 1.81. The fraction of sp³-hybridized carbons (Fsp3) is 0.625. The number of methoxy groups -OCH3 is 1. The Labute approximate surface area is 121 Å². The number of hydrogen-bond donors (Lipinski definition) is 1. The van der Waals surface area contributed by atoms with Gasteiger partial charge < -0.3 is 19.5 Å². The molecule has 1 aromatic rings. The summed E-state index contributed by atoms with van der Waals surface area (Å²) >= 11 is 0. The SMILES string of the molecule is CCOCCCOc1ccc(OC)cc1CNC1CC1. The van der Waals surface area contributed by atoms with Crippen LogP contribution in [0.25, 0.3) is 0 Å². The molecular weight excluding hydrogens is 254 g/mol. The Balaban J connectivity index is 1.87. The molecule has 20 heavy (non-hydrogen) atoms. The van der Waals surface area contributed by atoms with Crippen molar-refractivity contribution in [2.45, 2.75) is 38.8 Å². The third kappa shape index (κ3) is 5.02. The van der Waals surface area contributed by atoms with E-state index < -0.39 is 0 Å². The second-order valence-corrected chi connectivity index (χ2v) is 5.03. The van der Waals surface area contributed by atoms with E-state index in [0.717, 1.165) is 43.2 Å². The van der Waals surface area contributed by atoms with Crippen LogP contribution in [0.3, 0.4) is 0 Å². The highest BCUT2D eigenvalue weighted by atomic mass is 16.5. The summed E-state index contributed by atoms with van der Waals surface area (Å²) in [6, 6.07) is 6.67. The first-order valence-electron chi connectivity index (χ1n) is 7.44. The minimum atomic E-state index is 0.683. The van der Waals surface area contributed by atoms with Gasteiger partial charge in [0.05, 0.1) is 13.7 Å². The Morgan fingerprint density at radius 1 is 1.25 bits per heavy atom. The standard InChI is InChI=1S/C16H25NO3/c1-3-19-9-4-10-20-16-8-7-15(18-2)11-13(16)12-17-14-5-6-14/h7-8,11,14,17H,3-6,9-10,12H2,1-2H3. The van der Waals surface area contributed by atoms with Crippen molar-refractivity contribution < 1.29 is 14.2 Å².